The fourth-order valence-electron chi connectivity index (χ4n) is 2.85. The molecule has 0 saturated heterocycles. The molecule has 0 fully saturated rings. The van der Waals surface area contributed by atoms with Crippen molar-refractivity contribution in [3.63, 3.8) is 0 Å². The lowest BCUT2D eigenvalue weighted by atomic mass is 9.99. The van der Waals surface area contributed by atoms with Crippen molar-refractivity contribution in [2.24, 2.45) is 9.98 Å². The molecule has 20 heavy (non-hydrogen) atoms. The molecule has 0 aliphatic carbocycles. The number of hydrogen-bond donors (Lipinski definition) is 0. The average molecular weight is 258 g/mol. The quantitative estimate of drug-likeness (QED) is 0.553. The fraction of sp³-hybridized carbons (Fsp3) is 0.111. The summed E-state index contributed by atoms with van der Waals surface area (Å²) in [5.41, 5.74) is 0.831. The zero-order valence-corrected chi connectivity index (χ0v) is 11.3. The molecule has 0 bridgehead atoms. The van der Waals surface area contributed by atoms with Crippen LogP contribution in [0.4, 0.5) is 0 Å². The Balaban J connectivity index is 2.41. The van der Waals surface area contributed by atoms with Gasteiger partial charge in [-0.05, 0) is 17.7 Å². The maximum atomic E-state index is 4.81. The van der Waals surface area contributed by atoms with Gasteiger partial charge in [-0.3, -0.25) is 4.99 Å². The standard InChI is InChI=1S/C18H14N2/c1-11-12(2)20-18-16-10-6-4-8-14(16)13-7-3-5-9-15(13)17(18)19-11/h3-10,12H,1H2,2H3. The minimum absolute atomic E-state index is 0.0482. The van der Waals surface area contributed by atoms with Crippen molar-refractivity contribution in [1.82, 2.24) is 0 Å². The molecule has 1 heterocycles. The number of nitrogens with zero attached hydrogens (tertiary/aromatic N) is 2. The van der Waals surface area contributed by atoms with Gasteiger partial charge in [-0.25, -0.2) is 4.99 Å². The van der Waals surface area contributed by atoms with E-state index in [0.717, 1.165) is 21.8 Å². The van der Waals surface area contributed by atoms with Crippen LogP contribution < -0.4 is 10.7 Å². The fourth-order valence-corrected chi connectivity index (χ4v) is 2.85. The van der Waals surface area contributed by atoms with Crippen molar-refractivity contribution in [1.29, 1.82) is 0 Å². The topological polar surface area (TPSA) is 24.7 Å². The third kappa shape index (κ3) is 1.45. The first-order chi connectivity index (χ1) is 9.75. The Morgan fingerprint density at radius 2 is 1.30 bits per heavy atom. The lowest BCUT2D eigenvalue weighted by Gasteiger charge is -2.13. The van der Waals surface area contributed by atoms with E-state index in [0.29, 0.717) is 0 Å². The van der Waals surface area contributed by atoms with Gasteiger partial charge in [0, 0.05) is 10.8 Å². The molecule has 96 valence electrons. The summed E-state index contributed by atoms with van der Waals surface area (Å²) in [7, 11) is 0. The van der Waals surface area contributed by atoms with E-state index in [-0.39, 0.29) is 6.04 Å². The Hall–Kier alpha value is -2.48. The zero-order valence-electron chi connectivity index (χ0n) is 11.3. The molecule has 0 amide bonds. The average Bonchev–Trinajstić information content (AvgIpc) is 2.49. The summed E-state index contributed by atoms with van der Waals surface area (Å²) in [6.07, 6.45) is 0. The van der Waals surface area contributed by atoms with Crippen molar-refractivity contribution in [2.45, 2.75) is 13.0 Å². The van der Waals surface area contributed by atoms with Gasteiger partial charge in [0.2, 0.25) is 0 Å². The molecule has 2 heteroatoms. The van der Waals surface area contributed by atoms with Gasteiger partial charge in [-0.2, -0.15) is 0 Å². The van der Waals surface area contributed by atoms with Crippen LogP contribution in [0.2, 0.25) is 0 Å². The van der Waals surface area contributed by atoms with Crippen LogP contribution in [-0.4, -0.2) is 6.04 Å². The highest BCUT2D eigenvalue weighted by atomic mass is 14.9. The normalized spacial score (nSPS) is 17.6. The predicted molar refractivity (Wildman–Crippen MR) is 82.4 cm³/mol. The van der Waals surface area contributed by atoms with Crippen LogP contribution in [0.25, 0.3) is 21.5 Å². The molecule has 2 nitrogen and oxygen atoms in total. The molecule has 0 saturated carbocycles. The second-order valence-electron chi connectivity index (χ2n) is 5.20. The van der Waals surface area contributed by atoms with Gasteiger partial charge < -0.3 is 0 Å². The molecule has 0 radical (unpaired) electrons. The highest BCUT2D eigenvalue weighted by Gasteiger charge is 2.13. The van der Waals surface area contributed by atoms with E-state index in [9.17, 15) is 0 Å². The second kappa shape index (κ2) is 4.01. The molecule has 0 N–H and O–H groups in total. The monoisotopic (exact) mass is 258 g/mol. The summed E-state index contributed by atoms with van der Waals surface area (Å²) in [6.45, 7) is 6.06. The minimum Gasteiger partial charge on any atom is -0.273 e. The summed E-state index contributed by atoms with van der Waals surface area (Å²) < 4.78 is 0. The second-order valence-corrected chi connectivity index (χ2v) is 5.20. The Kier molecular flexibility index (Phi) is 2.27. The van der Waals surface area contributed by atoms with E-state index in [4.69, 9.17) is 9.98 Å². The van der Waals surface area contributed by atoms with Crippen LogP contribution in [0.3, 0.4) is 0 Å². The maximum Gasteiger partial charge on any atom is 0.0970 e. The lowest BCUT2D eigenvalue weighted by molar-refractivity contribution is 0.790. The molecule has 0 aromatic heterocycles. The van der Waals surface area contributed by atoms with Gasteiger partial charge in [0.15, 0.2) is 0 Å². The maximum absolute atomic E-state index is 4.81. The molecule has 1 aliphatic rings. The number of hydrogen-bond acceptors (Lipinski definition) is 2. The molecule has 4 rings (SSSR count). The molecule has 1 unspecified atom stereocenters. The third-order valence-electron chi connectivity index (χ3n) is 3.94. The molecular formula is C18H14N2. The molecule has 0 spiro atoms. The summed E-state index contributed by atoms with van der Waals surface area (Å²) in [4.78, 5) is 9.53. The summed E-state index contributed by atoms with van der Waals surface area (Å²) in [5.74, 6) is 0. The van der Waals surface area contributed by atoms with Crippen molar-refractivity contribution in [2.75, 3.05) is 0 Å². The largest absolute Gasteiger partial charge is 0.273 e. The van der Waals surface area contributed by atoms with Gasteiger partial charge >= 0.3 is 0 Å². The number of rotatable bonds is 0. The van der Waals surface area contributed by atoms with Gasteiger partial charge in [0.1, 0.15) is 0 Å². The van der Waals surface area contributed by atoms with Crippen molar-refractivity contribution < 1.29 is 0 Å². The van der Waals surface area contributed by atoms with Crippen LogP contribution >= 0.6 is 0 Å². The van der Waals surface area contributed by atoms with Crippen LogP contribution in [0.1, 0.15) is 6.92 Å². The third-order valence-corrected chi connectivity index (χ3v) is 3.94. The zero-order chi connectivity index (χ0) is 13.7. The summed E-state index contributed by atoms with van der Waals surface area (Å²) in [5, 5.41) is 6.74. The Morgan fingerprint density at radius 3 is 1.90 bits per heavy atom. The Bertz CT molecular complexity index is 983. The Labute approximate surface area is 116 Å². The molecule has 1 aliphatic heterocycles. The number of benzene rings is 3. The van der Waals surface area contributed by atoms with Crippen molar-refractivity contribution in [3.8, 4) is 0 Å². The smallest absolute Gasteiger partial charge is 0.0970 e. The van der Waals surface area contributed by atoms with E-state index < -0.39 is 0 Å². The first-order valence-electron chi connectivity index (χ1n) is 6.80. The highest BCUT2D eigenvalue weighted by molar-refractivity contribution is 6.07. The van der Waals surface area contributed by atoms with Crippen LogP contribution in [0, 0.1) is 0 Å². The van der Waals surface area contributed by atoms with Gasteiger partial charge in [0.25, 0.3) is 0 Å². The number of fused-ring (bicyclic) bond motifs is 6. The van der Waals surface area contributed by atoms with Gasteiger partial charge in [-0.1, -0.05) is 55.1 Å². The molecule has 1 atom stereocenters. The van der Waals surface area contributed by atoms with E-state index in [1.54, 1.807) is 0 Å². The SMILES string of the molecule is C=C1N=c2c(c3ccccc3c3ccccc23)=NC1C. The van der Waals surface area contributed by atoms with E-state index in [2.05, 4.69) is 49.0 Å². The minimum atomic E-state index is 0.0482. The van der Waals surface area contributed by atoms with Crippen LogP contribution in [0.15, 0.2) is 70.8 Å². The summed E-state index contributed by atoms with van der Waals surface area (Å²) in [6, 6.07) is 16.8. The molecular weight excluding hydrogens is 244 g/mol. The molecule has 3 aromatic rings. The first kappa shape index (κ1) is 11.4. The van der Waals surface area contributed by atoms with Gasteiger partial charge in [-0.15, -0.1) is 0 Å². The lowest BCUT2D eigenvalue weighted by Crippen LogP contribution is -2.33. The van der Waals surface area contributed by atoms with Crippen molar-refractivity contribution >= 4 is 21.5 Å². The van der Waals surface area contributed by atoms with Gasteiger partial charge in [0.05, 0.1) is 22.5 Å². The van der Waals surface area contributed by atoms with E-state index in [1.807, 2.05) is 13.0 Å². The highest BCUT2D eigenvalue weighted by Crippen LogP contribution is 2.21. The van der Waals surface area contributed by atoms with Crippen LogP contribution in [-0.2, 0) is 0 Å². The van der Waals surface area contributed by atoms with E-state index in [1.165, 1.54) is 16.2 Å². The van der Waals surface area contributed by atoms with Crippen molar-refractivity contribution in [3.05, 3.63) is 71.5 Å². The Morgan fingerprint density at radius 1 is 0.800 bits per heavy atom. The van der Waals surface area contributed by atoms with Crippen LogP contribution in [0.5, 0.6) is 0 Å². The summed E-state index contributed by atoms with van der Waals surface area (Å²) >= 11 is 0. The predicted octanol–water partition coefficient (Wildman–Crippen LogP) is 3.15. The molecule has 3 aromatic carbocycles. The first-order valence-corrected chi connectivity index (χ1v) is 6.80. The van der Waals surface area contributed by atoms with E-state index >= 15 is 0 Å².